The van der Waals surface area contributed by atoms with E-state index in [1.807, 2.05) is 44.7 Å². The standard InChI is InChI=1S/C25H29N7O2/c1-30-15-20(21-12-19-23-17(14-28-31(23)2)13-27-24(19)29-21)18-11-16(3-4-22(18)30)25(33)26-5-6-32-7-9-34-10-8-32/h3-4,11-15,23,28-29H,5-10H2,1-2H3,(H,26,33). The third kappa shape index (κ3) is 3.62. The highest BCUT2D eigenvalue weighted by Crippen LogP contribution is 2.42. The number of fused-ring (bicyclic) bond motifs is 4. The lowest BCUT2D eigenvalue weighted by Crippen LogP contribution is -2.41. The van der Waals surface area contributed by atoms with Crippen LogP contribution >= 0.6 is 0 Å². The number of morpholine rings is 1. The molecule has 34 heavy (non-hydrogen) atoms. The number of nitrogens with one attached hydrogen (secondary N) is 3. The van der Waals surface area contributed by atoms with Crippen LogP contribution in [0.1, 0.15) is 22.0 Å². The summed E-state index contributed by atoms with van der Waals surface area (Å²) in [6.07, 6.45) is 6.01. The predicted molar refractivity (Wildman–Crippen MR) is 132 cm³/mol. The van der Waals surface area contributed by atoms with Crippen molar-refractivity contribution < 1.29 is 9.53 Å². The maximum absolute atomic E-state index is 12.9. The van der Waals surface area contributed by atoms with E-state index in [-0.39, 0.29) is 11.9 Å². The van der Waals surface area contributed by atoms with E-state index < -0.39 is 0 Å². The zero-order valence-corrected chi connectivity index (χ0v) is 19.5. The maximum Gasteiger partial charge on any atom is 0.251 e. The number of H-pyrrole nitrogens is 1. The first-order valence-corrected chi connectivity index (χ1v) is 11.7. The number of nitrogens with zero attached hydrogens (tertiary/aromatic N) is 4. The molecule has 9 nitrogen and oxygen atoms in total. The van der Waals surface area contributed by atoms with Gasteiger partial charge in [0.15, 0.2) is 0 Å². The minimum absolute atomic E-state index is 0.0474. The van der Waals surface area contributed by atoms with Gasteiger partial charge in [0.05, 0.1) is 19.3 Å². The fourth-order valence-corrected chi connectivity index (χ4v) is 5.11. The molecular formula is C25H29N7O2. The molecule has 0 saturated carbocycles. The Morgan fingerprint density at radius 2 is 2.09 bits per heavy atom. The molecule has 1 saturated heterocycles. The number of ether oxygens (including phenoxy) is 1. The highest BCUT2D eigenvalue weighted by atomic mass is 16.5. The molecule has 5 heterocycles. The van der Waals surface area contributed by atoms with Crippen molar-refractivity contribution in [3.05, 3.63) is 53.4 Å². The molecule has 0 radical (unpaired) electrons. The number of rotatable bonds is 5. The van der Waals surface area contributed by atoms with Crippen LogP contribution in [0.25, 0.3) is 22.2 Å². The van der Waals surface area contributed by atoms with E-state index in [0.29, 0.717) is 12.1 Å². The van der Waals surface area contributed by atoms with Crippen LogP contribution in [0.5, 0.6) is 0 Å². The van der Waals surface area contributed by atoms with Crippen LogP contribution in [0.3, 0.4) is 0 Å². The molecule has 0 aliphatic carbocycles. The highest BCUT2D eigenvalue weighted by molar-refractivity contribution is 6.03. The van der Waals surface area contributed by atoms with Gasteiger partial charge < -0.3 is 25.0 Å². The quantitative estimate of drug-likeness (QED) is 0.545. The van der Waals surface area contributed by atoms with Crippen LogP contribution in [-0.2, 0) is 11.8 Å². The molecule has 1 aromatic carbocycles. The summed E-state index contributed by atoms with van der Waals surface area (Å²) in [5.41, 5.74) is 9.35. The van der Waals surface area contributed by atoms with E-state index in [1.54, 1.807) is 0 Å². The number of hydrogen-bond donors (Lipinski definition) is 3. The number of carbonyl (C=O) groups is 1. The number of aromatic nitrogens is 2. The first-order chi connectivity index (χ1) is 16.6. The number of aromatic amines is 1. The third-order valence-corrected chi connectivity index (χ3v) is 6.96. The second-order valence-corrected chi connectivity index (χ2v) is 9.13. The topological polar surface area (TPSA) is 89.9 Å². The number of aryl methyl sites for hydroxylation is 1. The Bertz CT molecular complexity index is 1310. The van der Waals surface area contributed by atoms with Gasteiger partial charge in [0.25, 0.3) is 5.91 Å². The summed E-state index contributed by atoms with van der Waals surface area (Å²) in [5, 5.41) is 6.20. The van der Waals surface area contributed by atoms with Gasteiger partial charge in [-0.25, -0.2) is 10.0 Å². The Hall–Kier alpha value is -3.40. The van der Waals surface area contributed by atoms with Gasteiger partial charge >= 0.3 is 0 Å². The van der Waals surface area contributed by atoms with Gasteiger partial charge in [0, 0.05) is 97.7 Å². The maximum atomic E-state index is 12.9. The number of hydrazine groups is 1. The number of benzene rings is 1. The van der Waals surface area contributed by atoms with E-state index >= 15 is 0 Å². The van der Waals surface area contributed by atoms with Crippen molar-refractivity contribution in [2.45, 2.75) is 6.04 Å². The van der Waals surface area contributed by atoms with Gasteiger partial charge in [0.2, 0.25) is 0 Å². The van der Waals surface area contributed by atoms with E-state index in [4.69, 9.17) is 4.74 Å². The van der Waals surface area contributed by atoms with Crippen molar-refractivity contribution in [2.75, 3.05) is 46.4 Å². The molecule has 3 aliphatic rings. The second kappa shape index (κ2) is 8.43. The highest BCUT2D eigenvalue weighted by Gasteiger charge is 2.32. The van der Waals surface area contributed by atoms with Gasteiger partial charge in [-0.1, -0.05) is 0 Å². The Labute approximate surface area is 198 Å². The van der Waals surface area contributed by atoms with Crippen LogP contribution in [0.15, 0.2) is 47.2 Å². The Balaban J connectivity index is 1.26. The smallest absolute Gasteiger partial charge is 0.251 e. The summed E-state index contributed by atoms with van der Waals surface area (Å²) in [4.78, 5) is 23.3. The van der Waals surface area contributed by atoms with Crippen molar-refractivity contribution in [3.8, 4) is 11.3 Å². The fourth-order valence-electron chi connectivity index (χ4n) is 5.11. The molecule has 0 spiro atoms. The summed E-state index contributed by atoms with van der Waals surface area (Å²) in [6, 6.07) is 8.23. The van der Waals surface area contributed by atoms with Crippen LogP contribution in [0.4, 0.5) is 5.82 Å². The van der Waals surface area contributed by atoms with Crippen LogP contribution < -0.4 is 10.7 Å². The van der Waals surface area contributed by atoms with Crippen LogP contribution in [-0.4, -0.2) is 78.0 Å². The largest absolute Gasteiger partial charge is 0.379 e. The number of hydrogen-bond acceptors (Lipinski definition) is 6. The van der Waals surface area contributed by atoms with Gasteiger partial charge in [0.1, 0.15) is 5.82 Å². The lowest BCUT2D eigenvalue weighted by molar-refractivity contribution is 0.0383. The summed E-state index contributed by atoms with van der Waals surface area (Å²) in [7, 11) is 4.07. The molecule has 0 bridgehead atoms. The lowest BCUT2D eigenvalue weighted by atomic mass is 9.99. The van der Waals surface area contributed by atoms with E-state index in [0.717, 1.165) is 72.0 Å². The molecule has 2 aromatic heterocycles. The predicted octanol–water partition coefficient (Wildman–Crippen LogP) is 2.33. The molecule has 176 valence electrons. The van der Waals surface area contributed by atoms with Crippen molar-refractivity contribution in [3.63, 3.8) is 0 Å². The number of likely N-dealkylation sites (N-methyl/N-ethyl adjacent to an activating group) is 1. The molecule has 1 atom stereocenters. The summed E-state index contributed by atoms with van der Waals surface area (Å²) in [5.74, 6) is 0.829. The summed E-state index contributed by atoms with van der Waals surface area (Å²) < 4.78 is 7.49. The average molecular weight is 460 g/mol. The minimum Gasteiger partial charge on any atom is -0.379 e. The summed E-state index contributed by atoms with van der Waals surface area (Å²) in [6.45, 7) is 4.83. The van der Waals surface area contributed by atoms with Gasteiger partial charge in [-0.3, -0.25) is 9.69 Å². The number of aliphatic imine (C=N–C) groups is 1. The van der Waals surface area contributed by atoms with Crippen molar-refractivity contribution in [2.24, 2.45) is 12.0 Å². The van der Waals surface area contributed by atoms with Crippen LogP contribution in [0, 0.1) is 0 Å². The number of carbonyl (C=O) groups excluding carboxylic acids is 1. The van der Waals surface area contributed by atoms with Crippen molar-refractivity contribution in [1.29, 1.82) is 0 Å². The second-order valence-electron chi connectivity index (χ2n) is 9.13. The third-order valence-electron chi connectivity index (χ3n) is 6.96. The normalized spacial score (nSPS) is 20.2. The van der Waals surface area contributed by atoms with Crippen molar-refractivity contribution >= 4 is 28.8 Å². The van der Waals surface area contributed by atoms with Gasteiger partial charge in [-0.15, -0.1) is 0 Å². The Kier molecular flexibility index (Phi) is 5.24. The Morgan fingerprint density at radius 1 is 1.24 bits per heavy atom. The first-order valence-electron chi connectivity index (χ1n) is 11.7. The zero-order chi connectivity index (χ0) is 23.2. The molecule has 3 N–H and O–H groups in total. The fraction of sp³-hybridized carbons (Fsp3) is 0.360. The minimum atomic E-state index is -0.0474. The molecule has 1 unspecified atom stereocenters. The van der Waals surface area contributed by atoms with E-state index in [9.17, 15) is 4.79 Å². The first kappa shape index (κ1) is 21.2. The Morgan fingerprint density at radius 3 is 2.94 bits per heavy atom. The monoisotopic (exact) mass is 459 g/mol. The molecule has 1 amide bonds. The molecule has 9 heteroatoms. The molecule has 3 aromatic rings. The van der Waals surface area contributed by atoms with Crippen LogP contribution in [0.2, 0.25) is 0 Å². The number of amides is 1. The SMILES string of the molecule is CN1NC=C2C=Nc3[nH]c(-c4cn(C)c5ccc(C(=O)NCCN6CCOCC6)cc45)cc3C21. The molecule has 1 fully saturated rings. The van der Waals surface area contributed by atoms with E-state index in [2.05, 4.69) is 47.5 Å². The average Bonchev–Trinajstić information content (AvgIpc) is 3.54. The molecule has 6 rings (SSSR count). The lowest BCUT2D eigenvalue weighted by Gasteiger charge is -2.26. The van der Waals surface area contributed by atoms with E-state index in [1.165, 1.54) is 0 Å². The van der Waals surface area contributed by atoms with Gasteiger partial charge in [-0.05, 0) is 24.3 Å². The zero-order valence-electron chi connectivity index (χ0n) is 19.5. The summed E-state index contributed by atoms with van der Waals surface area (Å²) >= 11 is 0. The van der Waals surface area contributed by atoms with Crippen molar-refractivity contribution in [1.82, 2.24) is 30.2 Å². The molecular weight excluding hydrogens is 430 g/mol. The van der Waals surface area contributed by atoms with Gasteiger partial charge in [-0.2, -0.15) is 0 Å². The molecule has 3 aliphatic heterocycles.